The van der Waals surface area contributed by atoms with Crippen LogP contribution < -0.4 is 5.32 Å². The Balaban J connectivity index is 1.99. The normalized spacial score (nSPS) is 10.9. The van der Waals surface area contributed by atoms with Crippen molar-refractivity contribution in [2.24, 2.45) is 0 Å². The smallest absolute Gasteiger partial charge is 0.141 e. The first-order valence-corrected chi connectivity index (χ1v) is 6.96. The summed E-state index contributed by atoms with van der Waals surface area (Å²) in [4.78, 5) is 4.24. The highest BCUT2D eigenvalue weighted by atomic mass is 35.5. The molecule has 1 N–H and O–H groups in total. The van der Waals surface area contributed by atoms with Crippen LogP contribution in [0.5, 0.6) is 0 Å². The van der Waals surface area contributed by atoms with Crippen LogP contribution in [0.15, 0.2) is 24.5 Å². The average molecular weight is 315 g/mol. The minimum atomic E-state index is 0.545. The van der Waals surface area contributed by atoms with Gasteiger partial charge in [0.25, 0.3) is 0 Å². The summed E-state index contributed by atoms with van der Waals surface area (Å²) in [5.74, 6) is 0.868. The molecule has 0 amide bonds. The van der Waals surface area contributed by atoms with E-state index >= 15 is 0 Å². The van der Waals surface area contributed by atoms with E-state index in [0.717, 1.165) is 17.9 Å². The minimum absolute atomic E-state index is 0.545. The van der Waals surface area contributed by atoms with Crippen LogP contribution in [0.25, 0.3) is 0 Å². The maximum absolute atomic E-state index is 6.01. The molecule has 2 rings (SSSR count). The second-order valence-electron chi connectivity index (χ2n) is 4.25. The molecule has 0 saturated carbocycles. The summed E-state index contributed by atoms with van der Waals surface area (Å²) in [6, 6.07) is 5.55. The maximum atomic E-state index is 6.01. The molecule has 0 aliphatic carbocycles. The number of nitrogens with one attached hydrogen (secondary N) is 1. The van der Waals surface area contributed by atoms with Crippen LogP contribution >= 0.6 is 23.2 Å². The van der Waals surface area contributed by atoms with E-state index in [0.29, 0.717) is 29.7 Å². The molecule has 1 aromatic carbocycles. The molecule has 0 bridgehead atoms. The number of ether oxygens (including phenoxy) is 1. The molecule has 1 aromatic heterocycles. The number of methoxy groups -OCH3 is 1. The molecule has 0 spiro atoms. The number of benzene rings is 1. The average Bonchev–Trinajstić information content (AvgIpc) is 2.86. The Morgan fingerprint density at radius 2 is 2.15 bits per heavy atom. The number of hydrogen-bond donors (Lipinski definition) is 1. The van der Waals surface area contributed by atoms with E-state index < -0.39 is 0 Å². The molecule has 0 atom stereocenters. The van der Waals surface area contributed by atoms with Gasteiger partial charge in [-0.2, -0.15) is 5.10 Å². The quantitative estimate of drug-likeness (QED) is 0.797. The predicted molar refractivity (Wildman–Crippen MR) is 79.2 cm³/mol. The standard InChI is InChI=1S/C13H16Cl2N4O/c1-20-5-4-16-7-13-17-9-18-19(13)8-10-2-3-11(14)12(15)6-10/h2-3,6,9,16H,4-5,7-8H2,1H3. The maximum Gasteiger partial charge on any atom is 0.141 e. The van der Waals surface area contributed by atoms with Gasteiger partial charge >= 0.3 is 0 Å². The molecule has 0 fully saturated rings. The highest BCUT2D eigenvalue weighted by Crippen LogP contribution is 2.22. The van der Waals surface area contributed by atoms with Gasteiger partial charge in [-0.3, -0.25) is 0 Å². The zero-order valence-electron chi connectivity index (χ0n) is 11.1. The van der Waals surface area contributed by atoms with Gasteiger partial charge in [0.15, 0.2) is 0 Å². The third-order valence-corrected chi connectivity index (χ3v) is 3.52. The lowest BCUT2D eigenvalue weighted by Crippen LogP contribution is -2.21. The Morgan fingerprint density at radius 3 is 2.90 bits per heavy atom. The molecule has 108 valence electrons. The number of halogens is 2. The van der Waals surface area contributed by atoms with Crippen molar-refractivity contribution in [1.29, 1.82) is 0 Å². The lowest BCUT2D eigenvalue weighted by molar-refractivity contribution is 0.198. The molecule has 5 nitrogen and oxygen atoms in total. The van der Waals surface area contributed by atoms with Crippen molar-refractivity contribution in [2.75, 3.05) is 20.3 Å². The molecule has 0 aliphatic heterocycles. The predicted octanol–water partition coefficient (Wildman–Crippen LogP) is 2.37. The molecule has 7 heteroatoms. The second kappa shape index (κ2) is 7.59. The largest absolute Gasteiger partial charge is 0.383 e. The summed E-state index contributed by atoms with van der Waals surface area (Å²) in [7, 11) is 1.68. The van der Waals surface area contributed by atoms with Crippen LogP contribution in [0.3, 0.4) is 0 Å². The van der Waals surface area contributed by atoms with Crippen LogP contribution in [0.2, 0.25) is 10.0 Å². The van der Waals surface area contributed by atoms with Gasteiger partial charge in [-0.25, -0.2) is 9.67 Å². The van der Waals surface area contributed by atoms with Crippen LogP contribution in [0, 0.1) is 0 Å². The Labute approximate surface area is 127 Å². The summed E-state index contributed by atoms with van der Waals surface area (Å²) in [6.07, 6.45) is 1.55. The van der Waals surface area contributed by atoms with Crippen molar-refractivity contribution in [1.82, 2.24) is 20.1 Å². The van der Waals surface area contributed by atoms with Crippen LogP contribution in [0.4, 0.5) is 0 Å². The van der Waals surface area contributed by atoms with Gasteiger partial charge in [-0.05, 0) is 17.7 Å². The third kappa shape index (κ3) is 4.18. The molecule has 0 radical (unpaired) electrons. The molecule has 0 aliphatic rings. The Kier molecular flexibility index (Phi) is 5.79. The molecule has 0 unspecified atom stereocenters. The van der Waals surface area contributed by atoms with Crippen LogP contribution in [-0.4, -0.2) is 35.0 Å². The first-order valence-electron chi connectivity index (χ1n) is 6.21. The van der Waals surface area contributed by atoms with Crippen molar-refractivity contribution < 1.29 is 4.74 Å². The van der Waals surface area contributed by atoms with Gasteiger partial charge in [0.1, 0.15) is 12.2 Å². The van der Waals surface area contributed by atoms with Crippen molar-refractivity contribution >= 4 is 23.2 Å². The fourth-order valence-corrected chi connectivity index (χ4v) is 2.06. The summed E-state index contributed by atoms with van der Waals surface area (Å²) in [5, 5.41) is 8.56. The molecule has 2 aromatic rings. The number of hydrogen-bond acceptors (Lipinski definition) is 4. The van der Waals surface area contributed by atoms with E-state index in [-0.39, 0.29) is 0 Å². The van der Waals surface area contributed by atoms with E-state index in [9.17, 15) is 0 Å². The molecule has 1 heterocycles. The number of rotatable bonds is 7. The summed E-state index contributed by atoms with van der Waals surface area (Å²) in [6.45, 7) is 2.69. The molecule has 20 heavy (non-hydrogen) atoms. The van der Waals surface area contributed by atoms with Crippen molar-refractivity contribution in [3.63, 3.8) is 0 Å². The number of aromatic nitrogens is 3. The van der Waals surface area contributed by atoms with Gasteiger partial charge in [0, 0.05) is 13.7 Å². The van der Waals surface area contributed by atoms with Gasteiger partial charge in [0.2, 0.25) is 0 Å². The van der Waals surface area contributed by atoms with Crippen molar-refractivity contribution in [2.45, 2.75) is 13.1 Å². The first-order chi connectivity index (χ1) is 9.70. The summed E-state index contributed by atoms with van der Waals surface area (Å²) >= 11 is 11.9. The molecular formula is C13H16Cl2N4O. The van der Waals surface area contributed by atoms with Crippen molar-refractivity contribution in [3.8, 4) is 0 Å². The molecular weight excluding hydrogens is 299 g/mol. The van der Waals surface area contributed by atoms with Gasteiger partial charge < -0.3 is 10.1 Å². The Bertz CT molecular complexity index is 559. The van der Waals surface area contributed by atoms with E-state index in [4.69, 9.17) is 27.9 Å². The Hall–Kier alpha value is -1.14. The van der Waals surface area contributed by atoms with Crippen LogP contribution in [0.1, 0.15) is 11.4 Å². The lowest BCUT2D eigenvalue weighted by Gasteiger charge is -2.08. The van der Waals surface area contributed by atoms with Gasteiger partial charge in [-0.1, -0.05) is 29.3 Å². The summed E-state index contributed by atoms with van der Waals surface area (Å²) < 4.78 is 6.81. The zero-order chi connectivity index (χ0) is 14.4. The van der Waals surface area contributed by atoms with Crippen molar-refractivity contribution in [3.05, 3.63) is 46.0 Å². The summed E-state index contributed by atoms with van der Waals surface area (Å²) in [5.41, 5.74) is 1.03. The zero-order valence-corrected chi connectivity index (χ0v) is 12.7. The second-order valence-corrected chi connectivity index (χ2v) is 5.07. The van der Waals surface area contributed by atoms with E-state index in [1.165, 1.54) is 0 Å². The molecule has 0 saturated heterocycles. The minimum Gasteiger partial charge on any atom is -0.383 e. The van der Waals surface area contributed by atoms with Crippen LogP contribution in [-0.2, 0) is 17.8 Å². The lowest BCUT2D eigenvalue weighted by atomic mass is 10.2. The van der Waals surface area contributed by atoms with Gasteiger partial charge in [-0.15, -0.1) is 0 Å². The third-order valence-electron chi connectivity index (χ3n) is 2.78. The van der Waals surface area contributed by atoms with E-state index in [1.54, 1.807) is 19.5 Å². The highest BCUT2D eigenvalue weighted by Gasteiger charge is 2.06. The monoisotopic (exact) mass is 314 g/mol. The highest BCUT2D eigenvalue weighted by molar-refractivity contribution is 6.42. The first kappa shape index (κ1) is 15.3. The van der Waals surface area contributed by atoms with Gasteiger partial charge in [0.05, 0.1) is 29.7 Å². The topological polar surface area (TPSA) is 52.0 Å². The van der Waals surface area contributed by atoms with E-state index in [1.807, 2.05) is 16.8 Å². The Morgan fingerprint density at radius 1 is 1.30 bits per heavy atom. The fraction of sp³-hybridized carbons (Fsp3) is 0.385. The SMILES string of the molecule is COCCNCc1ncnn1Cc1ccc(Cl)c(Cl)c1. The number of nitrogens with zero attached hydrogens (tertiary/aromatic N) is 3. The van der Waals surface area contributed by atoms with E-state index in [2.05, 4.69) is 15.4 Å². The fourth-order valence-electron chi connectivity index (χ4n) is 1.74.